The summed E-state index contributed by atoms with van der Waals surface area (Å²) in [5.41, 5.74) is 5.25. The number of pyridine rings is 1. The molecule has 6 rings (SSSR count). The SMILES string of the molecule is Brc1cc[c-]c(-c2cc3cc4c(cc3cn2)C2CCC4CC2)c1.[Ir]. The quantitative estimate of drug-likeness (QED) is 0.325. The first-order valence-corrected chi connectivity index (χ1v) is 9.18. The van der Waals surface area contributed by atoms with E-state index in [2.05, 4.69) is 51.2 Å². The van der Waals surface area contributed by atoms with Gasteiger partial charge in [0.1, 0.15) is 0 Å². The number of nitrogens with zero attached hydrogens (tertiary/aromatic N) is 1. The third-order valence-electron chi connectivity index (χ3n) is 5.57. The minimum atomic E-state index is 0. The predicted molar refractivity (Wildman–Crippen MR) is 97.7 cm³/mol. The van der Waals surface area contributed by atoms with E-state index in [1.54, 1.807) is 11.1 Å². The molecule has 0 atom stereocenters. The van der Waals surface area contributed by atoms with Crippen LogP contribution in [0.3, 0.4) is 0 Å². The Kier molecular flexibility index (Phi) is 4.36. The molecule has 3 aliphatic carbocycles. The maximum atomic E-state index is 4.68. The van der Waals surface area contributed by atoms with Crippen LogP contribution in [-0.2, 0) is 20.1 Å². The van der Waals surface area contributed by atoms with Gasteiger partial charge in [0.25, 0.3) is 0 Å². The average Bonchev–Trinajstić information content (AvgIpc) is 2.61. The largest absolute Gasteiger partial charge is 0.304 e. The molecule has 3 aliphatic rings. The second-order valence-electron chi connectivity index (χ2n) is 6.87. The Morgan fingerprint density at radius 3 is 2.25 bits per heavy atom. The summed E-state index contributed by atoms with van der Waals surface area (Å²) in [6.07, 6.45) is 7.53. The number of rotatable bonds is 1. The van der Waals surface area contributed by atoms with Crippen molar-refractivity contribution >= 4 is 26.7 Å². The van der Waals surface area contributed by atoms with E-state index in [1.807, 2.05) is 18.3 Å². The van der Waals surface area contributed by atoms with Crippen molar-refractivity contribution in [1.82, 2.24) is 4.98 Å². The number of halogens is 1. The molecule has 1 nitrogen and oxygen atoms in total. The zero-order valence-electron chi connectivity index (χ0n) is 13.2. The molecule has 123 valence electrons. The van der Waals surface area contributed by atoms with Crippen LogP contribution in [0.5, 0.6) is 0 Å². The van der Waals surface area contributed by atoms with Crippen LogP contribution in [0, 0.1) is 6.07 Å². The second kappa shape index (κ2) is 6.37. The van der Waals surface area contributed by atoms with Crippen molar-refractivity contribution < 1.29 is 20.1 Å². The van der Waals surface area contributed by atoms with Gasteiger partial charge in [-0.3, -0.25) is 0 Å². The van der Waals surface area contributed by atoms with Gasteiger partial charge >= 0.3 is 0 Å². The fourth-order valence-electron chi connectivity index (χ4n) is 4.39. The van der Waals surface area contributed by atoms with Crippen LogP contribution in [0.15, 0.2) is 47.1 Å². The third kappa shape index (κ3) is 2.67. The van der Waals surface area contributed by atoms with Crippen molar-refractivity contribution in [3.63, 3.8) is 0 Å². The van der Waals surface area contributed by atoms with Crippen molar-refractivity contribution in [2.75, 3.05) is 0 Å². The Morgan fingerprint density at radius 2 is 1.58 bits per heavy atom. The Hall–Kier alpha value is -1.02. The summed E-state index contributed by atoms with van der Waals surface area (Å²) in [5.74, 6) is 1.57. The van der Waals surface area contributed by atoms with Crippen LogP contribution in [-0.4, -0.2) is 4.98 Å². The van der Waals surface area contributed by atoms with E-state index in [1.165, 1.54) is 36.5 Å². The van der Waals surface area contributed by atoms with Crippen LogP contribution >= 0.6 is 15.9 Å². The van der Waals surface area contributed by atoms with Gasteiger partial charge in [0, 0.05) is 26.3 Å². The molecular formula is C21H17BrIrN-. The van der Waals surface area contributed by atoms with Gasteiger partial charge in [-0.1, -0.05) is 32.5 Å². The summed E-state index contributed by atoms with van der Waals surface area (Å²) in [7, 11) is 0. The molecule has 24 heavy (non-hydrogen) atoms. The molecule has 3 aromatic rings. The molecule has 2 aromatic carbocycles. The smallest absolute Gasteiger partial charge is 0.0239 e. The van der Waals surface area contributed by atoms with E-state index in [0.29, 0.717) is 0 Å². The van der Waals surface area contributed by atoms with E-state index in [9.17, 15) is 0 Å². The molecule has 1 fully saturated rings. The van der Waals surface area contributed by atoms with Crippen molar-refractivity contribution in [3.8, 4) is 11.3 Å². The molecule has 2 bridgehead atoms. The summed E-state index contributed by atoms with van der Waals surface area (Å²) in [5, 5.41) is 2.59. The summed E-state index contributed by atoms with van der Waals surface area (Å²) >= 11 is 3.53. The van der Waals surface area contributed by atoms with Crippen molar-refractivity contribution in [1.29, 1.82) is 0 Å². The van der Waals surface area contributed by atoms with Gasteiger partial charge < -0.3 is 4.98 Å². The minimum absolute atomic E-state index is 0. The number of fused-ring (bicyclic) bond motifs is 3. The van der Waals surface area contributed by atoms with Gasteiger partial charge in [-0.15, -0.1) is 29.8 Å². The summed E-state index contributed by atoms with van der Waals surface area (Å²) in [4.78, 5) is 4.68. The van der Waals surface area contributed by atoms with Crippen molar-refractivity contribution in [3.05, 3.63) is 64.3 Å². The van der Waals surface area contributed by atoms with Gasteiger partial charge in [0.2, 0.25) is 0 Å². The van der Waals surface area contributed by atoms with Gasteiger partial charge in [0.15, 0.2) is 0 Å². The van der Waals surface area contributed by atoms with E-state index >= 15 is 0 Å². The number of hydrogen-bond acceptors (Lipinski definition) is 1. The zero-order chi connectivity index (χ0) is 15.4. The first-order valence-electron chi connectivity index (χ1n) is 8.39. The molecule has 1 heterocycles. The monoisotopic (exact) mass is 555 g/mol. The number of benzene rings is 2. The van der Waals surface area contributed by atoms with E-state index < -0.39 is 0 Å². The van der Waals surface area contributed by atoms with Crippen LogP contribution in [0.4, 0.5) is 0 Å². The molecule has 0 spiro atoms. The second-order valence-corrected chi connectivity index (χ2v) is 7.78. The summed E-state index contributed by atoms with van der Waals surface area (Å²) < 4.78 is 1.07. The van der Waals surface area contributed by atoms with Crippen LogP contribution in [0.25, 0.3) is 22.0 Å². The first kappa shape index (κ1) is 16.4. The fourth-order valence-corrected chi connectivity index (χ4v) is 4.75. The molecule has 0 N–H and O–H groups in total. The van der Waals surface area contributed by atoms with Crippen LogP contribution in [0.1, 0.15) is 48.6 Å². The number of aromatic nitrogens is 1. The summed E-state index contributed by atoms with van der Waals surface area (Å²) in [6.45, 7) is 0. The van der Waals surface area contributed by atoms with Gasteiger partial charge in [-0.25, -0.2) is 0 Å². The van der Waals surface area contributed by atoms with E-state index in [4.69, 9.17) is 0 Å². The minimum Gasteiger partial charge on any atom is -0.304 e. The molecule has 0 aliphatic heterocycles. The predicted octanol–water partition coefficient (Wildman–Crippen LogP) is 6.22. The maximum Gasteiger partial charge on any atom is 0.0239 e. The molecule has 1 saturated carbocycles. The molecule has 1 radical (unpaired) electrons. The summed E-state index contributed by atoms with van der Waals surface area (Å²) in [6, 6.07) is 16.4. The fraction of sp³-hybridized carbons (Fsp3) is 0.286. The van der Waals surface area contributed by atoms with E-state index in [0.717, 1.165) is 27.6 Å². The van der Waals surface area contributed by atoms with Crippen LogP contribution < -0.4 is 0 Å². The normalized spacial score (nSPS) is 21.4. The maximum absolute atomic E-state index is 4.68. The molecule has 0 amide bonds. The molecule has 3 heteroatoms. The molecular weight excluding hydrogens is 538 g/mol. The standard InChI is InChI=1S/C21H17BrN.Ir/c22-18-3-1-2-15(8-18)21-11-16-9-19-13-4-6-14(7-5-13)20(19)10-17(16)12-23-21;/h1,3,8-14H,4-7H2;/q-1;. The average molecular weight is 555 g/mol. The van der Waals surface area contributed by atoms with Gasteiger partial charge in [0.05, 0.1) is 0 Å². The van der Waals surface area contributed by atoms with Crippen molar-refractivity contribution in [2.24, 2.45) is 0 Å². The third-order valence-corrected chi connectivity index (χ3v) is 6.06. The Morgan fingerprint density at radius 1 is 0.917 bits per heavy atom. The Bertz CT molecular complexity index is 913. The molecule has 0 saturated heterocycles. The van der Waals surface area contributed by atoms with Crippen LogP contribution in [0.2, 0.25) is 0 Å². The topological polar surface area (TPSA) is 12.9 Å². The number of hydrogen-bond donors (Lipinski definition) is 0. The first-order chi connectivity index (χ1) is 11.3. The van der Waals surface area contributed by atoms with Gasteiger partial charge in [-0.05, 0) is 71.2 Å². The molecule has 1 aromatic heterocycles. The van der Waals surface area contributed by atoms with Crippen molar-refractivity contribution in [2.45, 2.75) is 37.5 Å². The van der Waals surface area contributed by atoms with E-state index in [-0.39, 0.29) is 20.1 Å². The zero-order valence-corrected chi connectivity index (χ0v) is 17.2. The Labute approximate surface area is 164 Å². The molecule has 0 unspecified atom stereocenters. The van der Waals surface area contributed by atoms with Gasteiger partial charge in [-0.2, -0.15) is 0 Å². The Balaban J connectivity index is 0.00000146.